The molecular formula is C15H18N2O3. The van der Waals surface area contributed by atoms with Crippen LogP contribution >= 0.6 is 0 Å². The van der Waals surface area contributed by atoms with Crippen molar-refractivity contribution in [2.24, 2.45) is 0 Å². The Hall–Kier alpha value is -2.30. The van der Waals surface area contributed by atoms with E-state index in [4.69, 9.17) is 14.9 Å². The van der Waals surface area contributed by atoms with Gasteiger partial charge in [-0.25, -0.2) is 4.79 Å². The van der Waals surface area contributed by atoms with Gasteiger partial charge in [-0.1, -0.05) is 17.7 Å². The van der Waals surface area contributed by atoms with Crippen molar-refractivity contribution in [3.05, 3.63) is 34.5 Å². The van der Waals surface area contributed by atoms with Crippen molar-refractivity contribution in [3.63, 3.8) is 0 Å². The van der Waals surface area contributed by atoms with Gasteiger partial charge in [0.15, 0.2) is 0 Å². The molecule has 1 heterocycles. The standard InChI is InChI=1S/C15H18N2O3/c1-5-19-15(18)12-13(16)20-14(17-12)11-9(3)6-8(2)7-10(11)4/h6-7H,5,16H2,1-4H3. The average Bonchev–Trinajstić information content (AvgIpc) is 2.70. The number of aromatic nitrogens is 1. The van der Waals surface area contributed by atoms with Crippen LogP contribution in [0, 0.1) is 20.8 Å². The van der Waals surface area contributed by atoms with E-state index in [-0.39, 0.29) is 18.2 Å². The van der Waals surface area contributed by atoms with Crippen molar-refractivity contribution in [2.75, 3.05) is 12.3 Å². The maximum Gasteiger partial charge on any atom is 0.362 e. The maximum atomic E-state index is 11.7. The van der Waals surface area contributed by atoms with Gasteiger partial charge in [0.1, 0.15) is 0 Å². The molecule has 0 radical (unpaired) electrons. The molecule has 1 aromatic heterocycles. The predicted molar refractivity (Wildman–Crippen MR) is 76.5 cm³/mol. The van der Waals surface area contributed by atoms with Crippen LogP contribution < -0.4 is 5.73 Å². The number of anilines is 1. The number of benzene rings is 1. The molecule has 0 aliphatic rings. The fourth-order valence-corrected chi connectivity index (χ4v) is 2.30. The summed E-state index contributed by atoms with van der Waals surface area (Å²) in [5.41, 5.74) is 9.81. The Balaban J connectivity index is 2.50. The lowest BCUT2D eigenvalue weighted by atomic mass is 10.00. The molecule has 0 fully saturated rings. The Bertz CT molecular complexity index is 636. The number of esters is 1. The molecule has 106 valence electrons. The lowest BCUT2D eigenvalue weighted by molar-refractivity contribution is 0.0521. The molecule has 0 unspecified atom stereocenters. The van der Waals surface area contributed by atoms with E-state index >= 15 is 0 Å². The fraction of sp³-hybridized carbons (Fsp3) is 0.333. The Morgan fingerprint density at radius 1 is 1.30 bits per heavy atom. The van der Waals surface area contributed by atoms with Crippen LogP contribution in [0.25, 0.3) is 11.5 Å². The number of hydrogen-bond acceptors (Lipinski definition) is 5. The number of aryl methyl sites for hydroxylation is 3. The second-order valence-corrected chi connectivity index (χ2v) is 4.73. The van der Waals surface area contributed by atoms with E-state index in [0.717, 1.165) is 22.3 Å². The van der Waals surface area contributed by atoms with Gasteiger partial charge in [0, 0.05) is 5.56 Å². The van der Waals surface area contributed by atoms with Crippen molar-refractivity contribution in [1.29, 1.82) is 0 Å². The van der Waals surface area contributed by atoms with Gasteiger partial charge in [-0.05, 0) is 38.8 Å². The Kier molecular flexibility index (Phi) is 3.79. The summed E-state index contributed by atoms with van der Waals surface area (Å²) in [6.07, 6.45) is 0. The first-order valence-electron chi connectivity index (χ1n) is 6.45. The molecule has 0 saturated carbocycles. The third-order valence-electron chi connectivity index (χ3n) is 3.01. The highest BCUT2D eigenvalue weighted by molar-refractivity contribution is 5.92. The first-order valence-corrected chi connectivity index (χ1v) is 6.45. The maximum absolute atomic E-state index is 11.7. The summed E-state index contributed by atoms with van der Waals surface area (Å²) in [6.45, 7) is 7.96. The van der Waals surface area contributed by atoms with Crippen LogP contribution in [0.4, 0.5) is 5.88 Å². The third kappa shape index (κ3) is 2.52. The summed E-state index contributed by atoms with van der Waals surface area (Å²) >= 11 is 0. The summed E-state index contributed by atoms with van der Waals surface area (Å²) in [6, 6.07) is 4.07. The van der Waals surface area contributed by atoms with Gasteiger partial charge in [0.2, 0.25) is 17.5 Å². The zero-order valence-electron chi connectivity index (χ0n) is 12.1. The zero-order chi connectivity index (χ0) is 14.9. The van der Waals surface area contributed by atoms with Crippen molar-refractivity contribution in [3.8, 4) is 11.5 Å². The van der Waals surface area contributed by atoms with Crippen molar-refractivity contribution >= 4 is 11.9 Å². The van der Waals surface area contributed by atoms with E-state index in [9.17, 15) is 4.79 Å². The van der Waals surface area contributed by atoms with Crippen LogP contribution in [-0.4, -0.2) is 17.6 Å². The van der Waals surface area contributed by atoms with E-state index in [1.807, 2.05) is 32.9 Å². The quantitative estimate of drug-likeness (QED) is 0.870. The highest BCUT2D eigenvalue weighted by atomic mass is 16.5. The van der Waals surface area contributed by atoms with Gasteiger partial charge in [0.25, 0.3) is 0 Å². The molecule has 5 heteroatoms. The lowest BCUT2D eigenvalue weighted by Gasteiger charge is -2.07. The predicted octanol–water partition coefficient (Wildman–Crippen LogP) is 3.03. The molecule has 1 aromatic carbocycles. The number of nitrogens with two attached hydrogens (primary N) is 1. The molecular weight excluding hydrogens is 256 g/mol. The monoisotopic (exact) mass is 274 g/mol. The molecule has 0 aliphatic heterocycles. The van der Waals surface area contributed by atoms with E-state index < -0.39 is 5.97 Å². The highest BCUT2D eigenvalue weighted by Gasteiger charge is 2.21. The van der Waals surface area contributed by atoms with Gasteiger partial charge in [-0.2, -0.15) is 4.98 Å². The van der Waals surface area contributed by atoms with Crippen LogP contribution in [0.3, 0.4) is 0 Å². The molecule has 0 bridgehead atoms. The van der Waals surface area contributed by atoms with Crippen LogP contribution in [0.1, 0.15) is 34.1 Å². The first-order chi connectivity index (χ1) is 9.43. The van der Waals surface area contributed by atoms with Gasteiger partial charge in [0.05, 0.1) is 6.61 Å². The normalized spacial score (nSPS) is 10.6. The average molecular weight is 274 g/mol. The van der Waals surface area contributed by atoms with E-state index in [1.54, 1.807) is 6.92 Å². The van der Waals surface area contributed by atoms with Crippen molar-refractivity contribution in [1.82, 2.24) is 4.98 Å². The van der Waals surface area contributed by atoms with Crippen LogP contribution in [0.5, 0.6) is 0 Å². The molecule has 5 nitrogen and oxygen atoms in total. The molecule has 0 spiro atoms. The number of carbonyl (C=O) groups is 1. The number of rotatable bonds is 3. The first kappa shape index (κ1) is 14.1. The summed E-state index contributed by atoms with van der Waals surface area (Å²) in [7, 11) is 0. The molecule has 2 rings (SSSR count). The Labute approximate surface area is 117 Å². The zero-order valence-corrected chi connectivity index (χ0v) is 12.1. The number of hydrogen-bond donors (Lipinski definition) is 1. The van der Waals surface area contributed by atoms with Crippen LogP contribution in [0.2, 0.25) is 0 Å². The number of nitrogens with zero attached hydrogens (tertiary/aromatic N) is 1. The summed E-state index contributed by atoms with van der Waals surface area (Å²) in [5, 5.41) is 0. The summed E-state index contributed by atoms with van der Waals surface area (Å²) in [4.78, 5) is 15.9. The smallest absolute Gasteiger partial charge is 0.362 e. The van der Waals surface area contributed by atoms with Crippen LogP contribution in [0.15, 0.2) is 16.5 Å². The van der Waals surface area contributed by atoms with E-state index in [1.165, 1.54) is 0 Å². The molecule has 0 amide bonds. The highest BCUT2D eigenvalue weighted by Crippen LogP contribution is 2.30. The minimum absolute atomic E-state index is 0.0159. The molecule has 2 aromatic rings. The molecule has 2 N–H and O–H groups in total. The molecule has 0 aliphatic carbocycles. The number of ether oxygens (including phenoxy) is 1. The second kappa shape index (κ2) is 5.36. The largest absolute Gasteiger partial charge is 0.461 e. The Morgan fingerprint density at radius 2 is 1.90 bits per heavy atom. The minimum Gasteiger partial charge on any atom is -0.461 e. The van der Waals surface area contributed by atoms with Gasteiger partial charge in [-0.3, -0.25) is 0 Å². The summed E-state index contributed by atoms with van der Waals surface area (Å²) < 4.78 is 10.3. The van der Waals surface area contributed by atoms with Gasteiger partial charge in [-0.15, -0.1) is 0 Å². The third-order valence-corrected chi connectivity index (χ3v) is 3.01. The lowest BCUT2D eigenvalue weighted by Crippen LogP contribution is -2.07. The molecule has 20 heavy (non-hydrogen) atoms. The van der Waals surface area contributed by atoms with Gasteiger partial charge < -0.3 is 14.9 Å². The minimum atomic E-state index is -0.567. The van der Waals surface area contributed by atoms with Crippen LogP contribution in [-0.2, 0) is 4.74 Å². The molecule has 0 atom stereocenters. The number of oxazole rings is 1. The number of nitrogen functional groups attached to an aromatic ring is 1. The van der Waals surface area contributed by atoms with Crippen molar-refractivity contribution in [2.45, 2.75) is 27.7 Å². The SMILES string of the molecule is CCOC(=O)c1nc(-c2c(C)cc(C)cc2C)oc1N. The van der Waals surface area contributed by atoms with Gasteiger partial charge >= 0.3 is 5.97 Å². The summed E-state index contributed by atoms with van der Waals surface area (Å²) in [5.74, 6) is -0.235. The Morgan fingerprint density at radius 3 is 2.45 bits per heavy atom. The van der Waals surface area contributed by atoms with E-state index in [2.05, 4.69) is 4.98 Å². The fourth-order valence-electron chi connectivity index (χ4n) is 2.30. The second-order valence-electron chi connectivity index (χ2n) is 4.73. The molecule has 0 saturated heterocycles. The topological polar surface area (TPSA) is 78.3 Å². The van der Waals surface area contributed by atoms with E-state index in [0.29, 0.717) is 5.89 Å². The number of carbonyl (C=O) groups excluding carboxylic acids is 1. The van der Waals surface area contributed by atoms with Crippen molar-refractivity contribution < 1.29 is 13.9 Å².